The number of rotatable bonds is 1. The van der Waals surface area contributed by atoms with Crippen molar-refractivity contribution in [1.29, 1.82) is 0 Å². The molecule has 0 aliphatic rings. The van der Waals surface area contributed by atoms with Crippen LogP contribution in [0.2, 0.25) is 0 Å². The van der Waals surface area contributed by atoms with Gasteiger partial charge < -0.3 is 8.82 Å². The maximum Gasteiger partial charge on any atom is 0.360 e. The first-order valence-electron chi connectivity index (χ1n) is 5.32. The lowest BCUT2D eigenvalue weighted by Crippen LogP contribution is -2.05. The van der Waals surface area contributed by atoms with Crippen molar-refractivity contribution >= 4 is 16.4 Å². The zero-order valence-electron chi connectivity index (χ0n) is 8.93. The third kappa shape index (κ3) is 1.18. The molecule has 0 bridgehead atoms. The average Bonchev–Trinajstić information content (AvgIpc) is 2.68. The minimum Gasteiger partial charge on any atom is -0.425 e. The van der Waals surface area contributed by atoms with Crippen molar-refractivity contribution in [2.45, 2.75) is 13.3 Å². The van der Waals surface area contributed by atoms with Crippen LogP contribution in [0.1, 0.15) is 12.7 Å². The van der Waals surface area contributed by atoms with E-state index in [0.29, 0.717) is 11.3 Å². The van der Waals surface area contributed by atoms with Gasteiger partial charge in [-0.05, 0) is 12.1 Å². The quantitative estimate of drug-likeness (QED) is 0.622. The van der Waals surface area contributed by atoms with Crippen LogP contribution in [-0.2, 0) is 6.42 Å². The summed E-state index contributed by atoms with van der Waals surface area (Å²) in [6.07, 6.45) is 2.61. The van der Waals surface area contributed by atoms with E-state index in [4.69, 9.17) is 4.42 Å². The maximum absolute atomic E-state index is 11.7. The number of aromatic nitrogens is 1. The molecule has 0 saturated heterocycles. The van der Waals surface area contributed by atoms with Gasteiger partial charge in [0, 0.05) is 18.0 Å². The Labute approximate surface area is 91.9 Å². The maximum atomic E-state index is 11.7. The first-order chi connectivity index (χ1) is 7.79. The molecule has 3 heteroatoms. The molecule has 1 aromatic carbocycles. The molecule has 0 saturated carbocycles. The van der Waals surface area contributed by atoms with Crippen molar-refractivity contribution in [3.63, 3.8) is 0 Å². The largest absolute Gasteiger partial charge is 0.425 e. The fourth-order valence-corrected chi connectivity index (χ4v) is 1.98. The van der Waals surface area contributed by atoms with E-state index in [1.807, 2.05) is 47.9 Å². The van der Waals surface area contributed by atoms with Crippen molar-refractivity contribution in [1.82, 2.24) is 4.40 Å². The number of nitrogens with zero attached hydrogens (tertiary/aromatic N) is 1. The van der Waals surface area contributed by atoms with Gasteiger partial charge in [-0.25, -0.2) is 4.79 Å². The Hall–Kier alpha value is -2.03. The van der Waals surface area contributed by atoms with E-state index < -0.39 is 0 Å². The number of hydrogen-bond donors (Lipinski definition) is 0. The fraction of sp³-hybridized carbons (Fsp3) is 0.154. The summed E-state index contributed by atoms with van der Waals surface area (Å²) in [5.74, 6) is 0.707. The molecule has 0 atom stereocenters. The second kappa shape index (κ2) is 3.23. The lowest BCUT2D eigenvalue weighted by Gasteiger charge is -1.99. The summed E-state index contributed by atoms with van der Waals surface area (Å²) in [5, 5.41) is 1.06. The van der Waals surface area contributed by atoms with Crippen molar-refractivity contribution in [2.24, 2.45) is 0 Å². The molecule has 3 aromatic rings. The fourth-order valence-electron chi connectivity index (χ4n) is 1.98. The lowest BCUT2D eigenvalue weighted by molar-refractivity contribution is 0.463. The number of para-hydroxylation sites is 1. The van der Waals surface area contributed by atoms with Crippen molar-refractivity contribution in [3.8, 4) is 0 Å². The predicted octanol–water partition coefficient (Wildman–Crippen LogP) is 2.61. The second-order valence-electron chi connectivity index (χ2n) is 3.80. The van der Waals surface area contributed by atoms with Crippen LogP contribution in [0.25, 0.3) is 16.4 Å². The summed E-state index contributed by atoms with van der Waals surface area (Å²) < 4.78 is 7.10. The van der Waals surface area contributed by atoms with Gasteiger partial charge in [-0.3, -0.25) is 0 Å². The average molecular weight is 213 g/mol. The Balaban J connectivity index is 2.56. The van der Waals surface area contributed by atoms with E-state index in [2.05, 4.69) is 0 Å². The summed E-state index contributed by atoms with van der Waals surface area (Å²) in [4.78, 5) is 11.7. The minimum absolute atomic E-state index is 0.268. The highest BCUT2D eigenvalue weighted by Gasteiger charge is 2.07. The molecule has 0 radical (unpaired) electrons. The standard InChI is InChI=1S/C13H11NO2/c1-2-10-8-14-11-6-4-3-5-9(11)7-12(14)13(15)16-10/h3-8H,2H2,1H3. The predicted molar refractivity (Wildman–Crippen MR) is 62.8 cm³/mol. The van der Waals surface area contributed by atoms with Gasteiger partial charge in [0.05, 0.1) is 5.52 Å². The van der Waals surface area contributed by atoms with Gasteiger partial charge >= 0.3 is 5.63 Å². The zero-order chi connectivity index (χ0) is 11.1. The van der Waals surface area contributed by atoms with E-state index in [1.165, 1.54) is 0 Å². The number of benzene rings is 1. The third-order valence-electron chi connectivity index (χ3n) is 2.80. The van der Waals surface area contributed by atoms with Crippen LogP contribution in [0.15, 0.2) is 45.7 Å². The van der Waals surface area contributed by atoms with E-state index in [1.54, 1.807) is 0 Å². The molecule has 16 heavy (non-hydrogen) atoms. The van der Waals surface area contributed by atoms with Crippen LogP contribution in [0.4, 0.5) is 0 Å². The van der Waals surface area contributed by atoms with Crippen molar-refractivity contribution in [2.75, 3.05) is 0 Å². The van der Waals surface area contributed by atoms with Crippen LogP contribution >= 0.6 is 0 Å². The molecule has 2 heterocycles. The second-order valence-corrected chi connectivity index (χ2v) is 3.80. The van der Waals surface area contributed by atoms with E-state index in [0.717, 1.165) is 17.3 Å². The van der Waals surface area contributed by atoms with Crippen LogP contribution < -0.4 is 5.63 Å². The van der Waals surface area contributed by atoms with Gasteiger partial charge in [0.1, 0.15) is 11.3 Å². The lowest BCUT2D eigenvalue weighted by atomic mass is 10.2. The number of fused-ring (bicyclic) bond motifs is 3. The van der Waals surface area contributed by atoms with Crippen LogP contribution in [0, 0.1) is 0 Å². The summed E-state index contributed by atoms with van der Waals surface area (Å²) >= 11 is 0. The molecule has 0 aliphatic carbocycles. The number of hydrogen-bond acceptors (Lipinski definition) is 2. The first kappa shape index (κ1) is 9.21. The Morgan fingerprint density at radius 3 is 2.88 bits per heavy atom. The highest BCUT2D eigenvalue weighted by molar-refractivity contribution is 5.86. The van der Waals surface area contributed by atoms with E-state index in [-0.39, 0.29) is 5.63 Å². The number of aryl methyl sites for hydroxylation is 1. The molecule has 0 unspecified atom stereocenters. The third-order valence-corrected chi connectivity index (χ3v) is 2.80. The Morgan fingerprint density at radius 2 is 2.06 bits per heavy atom. The van der Waals surface area contributed by atoms with Gasteiger partial charge in [0.25, 0.3) is 0 Å². The zero-order valence-corrected chi connectivity index (χ0v) is 8.93. The van der Waals surface area contributed by atoms with E-state index in [9.17, 15) is 4.79 Å². The Morgan fingerprint density at radius 1 is 1.25 bits per heavy atom. The Kier molecular flexibility index (Phi) is 1.86. The van der Waals surface area contributed by atoms with Gasteiger partial charge in [0.2, 0.25) is 0 Å². The van der Waals surface area contributed by atoms with Crippen molar-refractivity contribution in [3.05, 3.63) is 52.7 Å². The highest BCUT2D eigenvalue weighted by atomic mass is 16.4. The molecule has 0 N–H and O–H groups in total. The van der Waals surface area contributed by atoms with Gasteiger partial charge in [0.15, 0.2) is 0 Å². The SMILES string of the molecule is CCc1cn2c(cc3ccccc32)c(=O)o1. The summed E-state index contributed by atoms with van der Waals surface area (Å²) in [7, 11) is 0. The topological polar surface area (TPSA) is 34.6 Å². The molecule has 80 valence electrons. The van der Waals surface area contributed by atoms with Crippen LogP contribution in [0.3, 0.4) is 0 Å². The van der Waals surface area contributed by atoms with Crippen LogP contribution in [0.5, 0.6) is 0 Å². The highest BCUT2D eigenvalue weighted by Crippen LogP contribution is 2.18. The molecule has 0 fully saturated rings. The molecular formula is C13H11NO2. The molecule has 3 nitrogen and oxygen atoms in total. The molecular weight excluding hydrogens is 202 g/mol. The minimum atomic E-state index is -0.268. The summed E-state index contributed by atoms with van der Waals surface area (Å²) in [6, 6.07) is 9.79. The van der Waals surface area contributed by atoms with Crippen molar-refractivity contribution < 1.29 is 4.42 Å². The summed E-state index contributed by atoms with van der Waals surface area (Å²) in [6.45, 7) is 1.97. The first-order valence-corrected chi connectivity index (χ1v) is 5.32. The normalized spacial score (nSPS) is 11.3. The Bertz CT molecular complexity index is 721. The van der Waals surface area contributed by atoms with Gasteiger partial charge in [-0.2, -0.15) is 0 Å². The van der Waals surface area contributed by atoms with Gasteiger partial charge in [-0.1, -0.05) is 25.1 Å². The van der Waals surface area contributed by atoms with Gasteiger partial charge in [-0.15, -0.1) is 0 Å². The molecule has 0 amide bonds. The molecule has 0 aliphatic heterocycles. The molecule has 2 aromatic heterocycles. The molecule has 3 rings (SSSR count). The monoisotopic (exact) mass is 213 g/mol. The molecule has 0 spiro atoms. The smallest absolute Gasteiger partial charge is 0.360 e. The van der Waals surface area contributed by atoms with Crippen LogP contribution in [-0.4, -0.2) is 4.40 Å². The van der Waals surface area contributed by atoms with E-state index >= 15 is 0 Å². The summed E-state index contributed by atoms with van der Waals surface area (Å²) in [5.41, 5.74) is 1.37.